The maximum absolute atomic E-state index is 8.88. The molecule has 92 valence electrons. The fourth-order valence-corrected chi connectivity index (χ4v) is 2.89. The molecule has 0 aliphatic heterocycles. The van der Waals surface area contributed by atoms with Crippen LogP contribution in [0.15, 0.2) is 18.2 Å². The normalized spacial score (nSPS) is 16.8. The van der Waals surface area contributed by atoms with Gasteiger partial charge in [0.05, 0.1) is 22.7 Å². The van der Waals surface area contributed by atoms with Crippen LogP contribution in [0.5, 0.6) is 0 Å². The van der Waals surface area contributed by atoms with E-state index in [1.807, 2.05) is 18.2 Å². The Balaban J connectivity index is 1.82. The zero-order valence-electron chi connectivity index (χ0n) is 10.4. The van der Waals surface area contributed by atoms with Gasteiger partial charge in [-0.3, -0.25) is 0 Å². The van der Waals surface area contributed by atoms with Crippen LogP contribution in [-0.2, 0) is 6.42 Å². The summed E-state index contributed by atoms with van der Waals surface area (Å²) in [6.45, 7) is 0. The highest BCUT2D eigenvalue weighted by Crippen LogP contribution is 2.26. The van der Waals surface area contributed by atoms with Gasteiger partial charge in [-0.1, -0.05) is 32.1 Å². The Morgan fingerprint density at radius 1 is 1.28 bits per heavy atom. The minimum Gasteiger partial charge on any atom is -0.342 e. The summed E-state index contributed by atoms with van der Waals surface area (Å²) in [5, 5.41) is 8.88. The summed E-state index contributed by atoms with van der Waals surface area (Å²) in [6, 6.07) is 7.80. The van der Waals surface area contributed by atoms with Gasteiger partial charge in [0, 0.05) is 6.42 Å². The van der Waals surface area contributed by atoms with E-state index in [4.69, 9.17) is 5.26 Å². The molecule has 1 heterocycles. The third-order valence-electron chi connectivity index (χ3n) is 3.87. The summed E-state index contributed by atoms with van der Waals surface area (Å²) in [4.78, 5) is 7.97. The van der Waals surface area contributed by atoms with E-state index in [9.17, 15) is 0 Å². The predicted molar refractivity (Wildman–Crippen MR) is 71.1 cm³/mol. The van der Waals surface area contributed by atoms with Crippen molar-refractivity contribution in [3.8, 4) is 6.07 Å². The number of hydrogen-bond acceptors (Lipinski definition) is 2. The maximum Gasteiger partial charge on any atom is 0.107 e. The molecule has 0 saturated heterocycles. The SMILES string of the molecule is N#Cc1ccc2nc(CC3CCCCC3)[nH]c2c1. The number of nitriles is 1. The van der Waals surface area contributed by atoms with Gasteiger partial charge in [0.1, 0.15) is 5.82 Å². The third kappa shape index (κ3) is 2.24. The van der Waals surface area contributed by atoms with Crippen LogP contribution in [0, 0.1) is 17.2 Å². The molecular weight excluding hydrogens is 222 g/mol. The zero-order valence-corrected chi connectivity index (χ0v) is 10.4. The van der Waals surface area contributed by atoms with Gasteiger partial charge in [-0.05, 0) is 24.1 Å². The molecule has 0 bridgehead atoms. The number of fused-ring (bicyclic) bond motifs is 1. The number of aromatic nitrogens is 2. The first-order chi connectivity index (χ1) is 8.85. The molecule has 18 heavy (non-hydrogen) atoms. The van der Waals surface area contributed by atoms with E-state index >= 15 is 0 Å². The quantitative estimate of drug-likeness (QED) is 0.871. The maximum atomic E-state index is 8.88. The fourth-order valence-electron chi connectivity index (χ4n) is 2.89. The lowest BCUT2D eigenvalue weighted by atomic mass is 9.87. The van der Waals surface area contributed by atoms with Crippen molar-refractivity contribution in [1.82, 2.24) is 9.97 Å². The number of aromatic amines is 1. The van der Waals surface area contributed by atoms with Crippen molar-refractivity contribution in [3.63, 3.8) is 0 Å². The topological polar surface area (TPSA) is 52.5 Å². The average Bonchev–Trinajstić information content (AvgIpc) is 2.80. The summed E-state index contributed by atoms with van der Waals surface area (Å²) < 4.78 is 0. The van der Waals surface area contributed by atoms with Crippen molar-refractivity contribution in [2.24, 2.45) is 5.92 Å². The van der Waals surface area contributed by atoms with Gasteiger partial charge in [0.15, 0.2) is 0 Å². The van der Waals surface area contributed by atoms with E-state index in [0.717, 1.165) is 29.2 Å². The van der Waals surface area contributed by atoms with Crippen LogP contribution < -0.4 is 0 Å². The van der Waals surface area contributed by atoms with Crippen LogP contribution >= 0.6 is 0 Å². The summed E-state index contributed by atoms with van der Waals surface area (Å²) >= 11 is 0. The summed E-state index contributed by atoms with van der Waals surface area (Å²) in [6.07, 6.45) is 7.84. The minimum atomic E-state index is 0.690. The first-order valence-electron chi connectivity index (χ1n) is 6.74. The Hall–Kier alpha value is -1.82. The van der Waals surface area contributed by atoms with Crippen molar-refractivity contribution < 1.29 is 0 Å². The standard InChI is InChI=1S/C15H17N3/c16-10-12-6-7-13-14(8-12)18-15(17-13)9-11-4-2-1-3-5-11/h6-8,11H,1-5,9H2,(H,17,18). The molecule has 1 aromatic heterocycles. The second-order valence-electron chi connectivity index (χ2n) is 5.24. The molecule has 2 aromatic rings. The Morgan fingerprint density at radius 3 is 2.89 bits per heavy atom. The smallest absolute Gasteiger partial charge is 0.107 e. The van der Waals surface area contributed by atoms with Crippen molar-refractivity contribution in [3.05, 3.63) is 29.6 Å². The molecule has 0 unspecified atom stereocenters. The van der Waals surface area contributed by atoms with Crippen LogP contribution in [0.2, 0.25) is 0 Å². The number of H-pyrrole nitrogens is 1. The fraction of sp³-hybridized carbons (Fsp3) is 0.467. The van der Waals surface area contributed by atoms with Crippen molar-refractivity contribution in [1.29, 1.82) is 5.26 Å². The Morgan fingerprint density at radius 2 is 2.11 bits per heavy atom. The van der Waals surface area contributed by atoms with E-state index in [0.29, 0.717) is 5.56 Å². The molecule has 1 N–H and O–H groups in total. The second kappa shape index (κ2) is 4.81. The summed E-state index contributed by atoms with van der Waals surface area (Å²) in [5.74, 6) is 1.86. The Labute approximate surface area is 107 Å². The number of rotatable bonds is 2. The first-order valence-corrected chi connectivity index (χ1v) is 6.74. The number of hydrogen-bond donors (Lipinski definition) is 1. The monoisotopic (exact) mass is 239 g/mol. The van der Waals surface area contributed by atoms with Crippen LogP contribution in [-0.4, -0.2) is 9.97 Å². The van der Waals surface area contributed by atoms with Gasteiger partial charge >= 0.3 is 0 Å². The van der Waals surface area contributed by atoms with E-state index < -0.39 is 0 Å². The zero-order chi connectivity index (χ0) is 12.4. The second-order valence-corrected chi connectivity index (χ2v) is 5.24. The van der Waals surface area contributed by atoms with Crippen molar-refractivity contribution >= 4 is 11.0 Å². The molecule has 1 fully saturated rings. The third-order valence-corrected chi connectivity index (χ3v) is 3.87. The van der Waals surface area contributed by atoms with Crippen molar-refractivity contribution in [2.45, 2.75) is 38.5 Å². The highest BCUT2D eigenvalue weighted by Gasteiger charge is 2.15. The van der Waals surface area contributed by atoms with Gasteiger partial charge < -0.3 is 4.98 Å². The molecule has 1 aromatic carbocycles. The van der Waals surface area contributed by atoms with Crippen LogP contribution in [0.4, 0.5) is 0 Å². The highest BCUT2D eigenvalue weighted by molar-refractivity contribution is 5.76. The van der Waals surface area contributed by atoms with E-state index in [1.54, 1.807) is 0 Å². The molecule has 0 atom stereocenters. The summed E-state index contributed by atoms with van der Waals surface area (Å²) in [7, 11) is 0. The highest BCUT2D eigenvalue weighted by atomic mass is 14.9. The molecule has 0 spiro atoms. The van der Waals surface area contributed by atoms with Crippen LogP contribution in [0.3, 0.4) is 0 Å². The molecular formula is C15H17N3. The first kappa shape index (κ1) is 11.3. The average molecular weight is 239 g/mol. The largest absolute Gasteiger partial charge is 0.342 e. The van der Waals surface area contributed by atoms with E-state index in [1.165, 1.54) is 32.1 Å². The Kier molecular flexibility index (Phi) is 3.02. The number of benzene rings is 1. The molecule has 0 radical (unpaired) electrons. The molecule has 1 aliphatic carbocycles. The molecule has 3 nitrogen and oxygen atoms in total. The Bertz CT molecular complexity index is 585. The van der Waals surface area contributed by atoms with Gasteiger partial charge in [0.2, 0.25) is 0 Å². The van der Waals surface area contributed by atoms with Gasteiger partial charge in [0.25, 0.3) is 0 Å². The number of nitrogens with zero attached hydrogens (tertiary/aromatic N) is 2. The van der Waals surface area contributed by atoms with Gasteiger partial charge in [-0.25, -0.2) is 4.98 Å². The van der Waals surface area contributed by atoms with Gasteiger partial charge in [-0.2, -0.15) is 5.26 Å². The van der Waals surface area contributed by atoms with Gasteiger partial charge in [-0.15, -0.1) is 0 Å². The predicted octanol–water partition coefficient (Wildman–Crippen LogP) is 3.56. The molecule has 0 amide bonds. The van der Waals surface area contributed by atoms with Crippen molar-refractivity contribution in [2.75, 3.05) is 0 Å². The lowest BCUT2D eigenvalue weighted by Gasteiger charge is -2.20. The molecule has 3 heteroatoms. The number of nitrogens with one attached hydrogen (secondary N) is 1. The van der Waals surface area contributed by atoms with Crippen LogP contribution in [0.25, 0.3) is 11.0 Å². The van der Waals surface area contributed by atoms with E-state index in [-0.39, 0.29) is 0 Å². The van der Waals surface area contributed by atoms with E-state index in [2.05, 4.69) is 16.0 Å². The molecule has 1 saturated carbocycles. The summed E-state index contributed by atoms with van der Waals surface area (Å²) in [5.41, 5.74) is 2.65. The lowest BCUT2D eigenvalue weighted by molar-refractivity contribution is 0.352. The number of imidazole rings is 1. The van der Waals surface area contributed by atoms with Crippen LogP contribution in [0.1, 0.15) is 43.5 Å². The molecule has 1 aliphatic rings. The lowest BCUT2D eigenvalue weighted by Crippen LogP contribution is -2.10. The molecule has 3 rings (SSSR count). The minimum absolute atomic E-state index is 0.690.